The van der Waals surface area contributed by atoms with Gasteiger partial charge in [0.05, 0.1) is 13.7 Å². The van der Waals surface area contributed by atoms with Gasteiger partial charge in [-0.3, -0.25) is 9.59 Å². The van der Waals surface area contributed by atoms with Crippen LogP contribution in [0.3, 0.4) is 0 Å². The number of nitrogens with one attached hydrogen (secondary N) is 1. The Bertz CT molecular complexity index is 1020. The van der Waals surface area contributed by atoms with E-state index in [2.05, 4.69) is 17.5 Å². The minimum absolute atomic E-state index is 0.0765. The highest BCUT2D eigenvalue weighted by molar-refractivity contribution is 5.90. The molecule has 0 unspecified atom stereocenters. The summed E-state index contributed by atoms with van der Waals surface area (Å²) >= 11 is 0. The third-order valence-corrected chi connectivity index (χ3v) is 5.62. The van der Waals surface area contributed by atoms with Crippen LogP contribution in [0.2, 0.25) is 0 Å². The molecule has 2 aromatic rings. The molecular weight excluding hydrogens is 482 g/mol. The van der Waals surface area contributed by atoms with Crippen molar-refractivity contribution in [3.05, 3.63) is 59.7 Å². The van der Waals surface area contributed by atoms with Gasteiger partial charge >= 0.3 is 5.97 Å². The van der Waals surface area contributed by atoms with Gasteiger partial charge in [0, 0.05) is 25.1 Å². The Morgan fingerprint density at radius 1 is 0.974 bits per heavy atom. The van der Waals surface area contributed by atoms with E-state index in [1.165, 1.54) is 0 Å². The van der Waals surface area contributed by atoms with Gasteiger partial charge in [-0.25, -0.2) is 0 Å². The molecule has 208 valence electrons. The Morgan fingerprint density at radius 2 is 1.74 bits per heavy atom. The van der Waals surface area contributed by atoms with Crippen LogP contribution >= 0.6 is 0 Å². The van der Waals surface area contributed by atoms with Gasteiger partial charge in [-0.05, 0) is 101 Å². The smallest absolute Gasteiger partial charge is 0.306 e. The molecule has 1 amide bonds. The van der Waals surface area contributed by atoms with Crippen molar-refractivity contribution in [2.45, 2.75) is 77.7 Å². The lowest BCUT2D eigenvalue weighted by atomic mass is 10.1. The lowest BCUT2D eigenvalue weighted by molar-refractivity contribution is -0.154. The molecule has 0 spiro atoms. The van der Waals surface area contributed by atoms with Gasteiger partial charge in [-0.15, -0.1) is 0 Å². The van der Waals surface area contributed by atoms with Crippen LogP contribution < -0.4 is 14.8 Å². The second-order valence-corrected chi connectivity index (χ2v) is 10.2. The average molecular weight is 526 g/mol. The molecule has 7 heteroatoms. The van der Waals surface area contributed by atoms with Crippen molar-refractivity contribution in [3.63, 3.8) is 0 Å². The van der Waals surface area contributed by atoms with Crippen LogP contribution in [0.25, 0.3) is 6.08 Å². The van der Waals surface area contributed by atoms with Crippen LogP contribution in [-0.2, 0) is 20.7 Å². The standard InChI is InChI=1S/C31H43NO6/c1-31(2,3)38-30(35)20-15-25-23-26(32-29(34)12-8-9-21-33)16-19-28(25)37-22-10-6-5-7-11-24-13-17-27(36-4)18-14-24/h7,11,13-14,16-19,23,33H,5-6,8-10,12,15,20-22H2,1-4H3,(H,32,34)/b11-7+. The normalized spacial score (nSPS) is 11.4. The number of anilines is 1. The van der Waals surface area contributed by atoms with Crippen molar-refractivity contribution < 1.29 is 28.9 Å². The van der Waals surface area contributed by atoms with Crippen LogP contribution in [0.5, 0.6) is 11.5 Å². The number of hydrogen-bond donors (Lipinski definition) is 2. The topological polar surface area (TPSA) is 94.1 Å². The van der Waals surface area contributed by atoms with E-state index in [0.717, 1.165) is 36.1 Å². The first kappa shape index (κ1) is 30.9. The van der Waals surface area contributed by atoms with E-state index < -0.39 is 5.60 Å². The largest absolute Gasteiger partial charge is 0.497 e. The van der Waals surface area contributed by atoms with Gasteiger partial charge < -0.3 is 24.6 Å². The zero-order valence-electron chi connectivity index (χ0n) is 23.3. The molecule has 7 nitrogen and oxygen atoms in total. The zero-order chi connectivity index (χ0) is 27.8. The van der Waals surface area contributed by atoms with E-state index >= 15 is 0 Å². The van der Waals surface area contributed by atoms with Crippen molar-refractivity contribution >= 4 is 23.6 Å². The third kappa shape index (κ3) is 12.8. The Kier molecular flexibility index (Phi) is 13.4. The molecule has 0 saturated carbocycles. The number of aliphatic hydroxyl groups is 1. The molecule has 0 aliphatic rings. The SMILES string of the molecule is COc1ccc(/C=C/CCCCOc2ccc(NC(=O)CCCCO)cc2CCC(=O)OC(C)(C)C)cc1. The lowest BCUT2D eigenvalue weighted by Crippen LogP contribution is -2.24. The zero-order valence-corrected chi connectivity index (χ0v) is 23.3. The summed E-state index contributed by atoms with van der Waals surface area (Å²) in [5.41, 5.74) is 2.11. The fourth-order valence-electron chi connectivity index (χ4n) is 3.72. The van der Waals surface area contributed by atoms with Gasteiger partial charge in [0.2, 0.25) is 5.91 Å². The molecule has 38 heavy (non-hydrogen) atoms. The molecule has 2 aromatic carbocycles. The summed E-state index contributed by atoms with van der Waals surface area (Å²) in [5.74, 6) is 1.18. The van der Waals surface area contributed by atoms with E-state index in [4.69, 9.17) is 19.3 Å². The minimum atomic E-state index is -0.539. The number of aliphatic hydroxyl groups excluding tert-OH is 1. The van der Waals surface area contributed by atoms with E-state index in [1.54, 1.807) is 7.11 Å². The van der Waals surface area contributed by atoms with Gasteiger partial charge in [0.25, 0.3) is 0 Å². The highest BCUT2D eigenvalue weighted by atomic mass is 16.6. The molecule has 0 aromatic heterocycles. The number of ether oxygens (including phenoxy) is 3. The van der Waals surface area contributed by atoms with Gasteiger partial charge in [-0.1, -0.05) is 24.3 Å². The minimum Gasteiger partial charge on any atom is -0.497 e. The number of esters is 1. The second kappa shape index (κ2) is 16.5. The molecule has 0 saturated heterocycles. The highest BCUT2D eigenvalue weighted by Gasteiger charge is 2.17. The fourth-order valence-corrected chi connectivity index (χ4v) is 3.72. The Morgan fingerprint density at radius 3 is 2.42 bits per heavy atom. The first-order valence-corrected chi connectivity index (χ1v) is 13.4. The van der Waals surface area contributed by atoms with E-state index in [0.29, 0.717) is 43.7 Å². The number of unbranched alkanes of at least 4 members (excludes halogenated alkanes) is 3. The van der Waals surface area contributed by atoms with Crippen molar-refractivity contribution in [3.8, 4) is 11.5 Å². The number of hydrogen-bond acceptors (Lipinski definition) is 6. The number of methoxy groups -OCH3 is 1. The van der Waals surface area contributed by atoms with Gasteiger partial charge in [0.15, 0.2) is 0 Å². The molecule has 0 aliphatic carbocycles. The predicted octanol–water partition coefficient (Wildman–Crippen LogP) is 6.33. The third-order valence-electron chi connectivity index (χ3n) is 5.62. The number of rotatable bonds is 16. The number of amides is 1. The molecule has 0 atom stereocenters. The molecule has 0 heterocycles. The first-order chi connectivity index (χ1) is 18.2. The van der Waals surface area contributed by atoms with Crippen molar-refractivity contribution in [1.29, 1.82) is 0 Å². The summed E-state index contributed by atoms with van der Waals surface area (Å²) in [6.45, 7) is 6.17. The molecule has 0 fully saturated rings. The van der Waals surface area contributed by atoms with Crippen LogP contribution in [0.4, 0.5) is 5.69 Å². The summed E-state index contributed by atoms with van der Waals surface area (Å²) in [5, 5.41) is 11.8. The lowest BCUT2D eigenvalue weighted by Gasteiger charge is -2.20. The van der Waals surface area contributed by atoms with Gasteiger partial charge in [0.1, 0.15) is 17.1 Å². The van der Waals surface area contributed by atoms with E-state index in [1.807, 2.05) is 63.2 Å². The van der Waals surface area contributed by atoms with Crippen molar-refractivity contribution in [1.82, 2.24) is 0 Å². The summed E-state index contributed by atoms with van der Waals surface area (Å²) in [6, 6.07) is 13.5. The predicted molar refractivity (Wildman–Crippen MR) is 152 cm³/mol. The Balaban J connectivity index is 1.90. The summed E-state index contributed by atoms with van der Waals surface area (Å²) < 4.78 is 16.7. The number of aryl methyl sites for hydroxylation is 1. The van der Waals surface area contributed by atoms with Crippen molar-refractivity contribution in [2.24, 2.45) is 0 Å². The average Bonchev–Trinajstić information content (AvgIpc) is 2.87. The quantitative estimate of drug-likeness (QED) is 0.196. The maximum Gasteiger partial charge on any atom is 0.306 e. The molecule has 2 rings (SSSR count). The monoisotopic (exact) mass is 525 g/mol. The first-order valence-electron chi connectivity index (χ1n) is 13.4. The fraction of sp³-hybridized carbons (Fsp3) is 0.484. The molecule has 0 radical (unpaired) electrons. The maximum atomic E-state index is 12.3. The molecule has 0 bridgehead atoms. The van der Waals surface area contributed by atoms with Crippen molar-refractivity contribution in [2.75, 3.05) is 25.6 Å². The van der Waals surface area contributed by atoms with Crippen LogP contribution in [0, 0.1) is 0 Å². The second-order valence-electron chi connectivity index (χ2n) is 10.2. The Labute approximate surface area is 227 Å². The maximum absolute atomic E-state index is 12.3. The summed E-state index contributed by atoms with van der Waals surface area (Å²) in [7, 11) is 1.66. The Hall–Kier alpha value is -3.32. The number of carbonyl (C=O) groups is 2. The van der Waals surface area contributed by atoms with Crippen LogP contribution in [0.15, 0.2) is 48.5 Å². The van der Waals surface area contributed by atoms with Crippen LogP contribution in [-0.4, -0.2) is 42.9 Å². The summed E-state index contributed by atoms with van der Waals surface area (Å²) in [4.78, 5) is 24.5. The van der Waals surface area contributed by atoms with E-state index in [-0.39, 0.29) is 24.9 Å². The van der Waals surface area contributed by atoms with E-state index in [9.17, 15) is 9.59 Å². The summed E-state index contributed by atoms with van der Waals surface area (Å²) in [6.07, 6.45) is 9.33. The number of allylic oxidation sites excluding steroid dienone is 1. The number of benzene rings is 2. The molecule has 2 N–H and O–H groups in total. The molecular formula is C31H43NO6. The highest BCUT2D eigenvalue weighted by Crippen LogP contribution is 2.26. The van der Waals surface area contributed by atoms with Crippen LogP contribution in [0.1, 0.15) is 76.8 Å². The number of carbonyl (C=O) groups excluding carboxylic acids is 2. The van der Waals surface area contributed by atoms with Gasteiger partial charge in [-0.2, -0.15) is 0 Å². The molecule has 0 aliphatic heterocycles.